The van der Waals surface area contributed by atoms with Crippen LogP contribution in [0.4, 0.5) is 19.0 Å². The Hall–Kier alpha value is -2.28. The summed E-state index contributed by atoms with van der Waals surface area (Å²) in [6.45, 7) is 2.73. The van der Waals surface area contributed by atoms with Crippen molar-refractivity contribution in [3.63, 3.8) is 0 Å². The molecule has 0 N–H and O–H groups in total. The molecule has 1 atom stereocenters. The highest BCUT2D eigenvalue weighted by Crippen LogP contribution is 2.41. The summed E-state index contributed by atoms with van der Waals surface area (Å²) in [6.07, 6.45) is -3.81. The van der Waals surface area contributed by atoms with Gasteiger partial charge in [-0.1, -0.05) is 35.3 Å². The molecule has 14 heteroatoms. The molecule has 2 aromatic carbocycles. The van der Waals surface area contributed by atoms with Gasteiger partial charge < -0.3 is 4.90 Å². The molecule has 0 fully saturated rings. The number of sulfone groups is 1. The Morgan fingerprint density at radius 1 is 1.00 bits per heavy atom. The molecule has 0 radical (unpaired) electrons. The molecule has 1 aliphatic rings. The molecule has 0 saturated carbocycles. The summed E-state index contributed by atoms with van der Waals surface area (Å²) < 4.78 is 94.1. The van der Waals surface area contributed by atoms with E-state index >= 15 is 0 Å². The summed E-state index contributed by atoms with van der Waals surface area (Å²) in [6, 6.07) is 6.77. The molecule has 0 unspecified atom stereocenters. The Morgan fingerprint density at radius 2 is 1.61 bits per heavy atom. The van der Waals surface area contributed by atoms with Crippen LogP contribution in [0.1, 0.15) is 20.3 Å². The van der Waals surface area contributed by atoms with Crippen molar-refractivity contribution in [1.82, 2.24) is 9.19 Å². The predicted molar refractivity (Wildman–Crippen MR) is 132 cm³/mol. The average molecular weight is 582 g/mol. The molecule has 0 bridgehead atoms. The van der Waals surface area contributed by atoms with Crippen molar-refractivity contribution in [2.45, 2.75) is 47.5 Å². The van der Waals surface area contributed by atoms with Crippen LogP contribution in [-0.4, -0.2) is 50.0 Å². The lowest BCUT2D eigenvalue weighted by molar-refractivity contribution is -0.148. The zero-order chi connectivity index (χ0) is 26.6. The van der Waals surface area contributed by atoms with Gasteiger partial charge >= 0.3 is 6.18 Å². The van der Waals surface area contributed by atoms with E-state index in [4.69, 9.17) is 23.2 Å². The maximum Gasteiger partial charge on any atom is 0.409 e. The molecule has 2 heterocycles. The molecule has 0 aliphatic carbocycles. The van der Waals surface area contributed by atoms with E-state index in [9.17, 15) is 30.0 Å². The quantitative estimate of drug-likeness (QED) is 0.402. The SMILES string of the molecule is CC(C)S(=O)(=O)c1ccc(S(=O)(=O)n2nc(N3CC=C(Cl)C[C@@H]3C(F)(F)F)c3c(Cl)cccc32)cc1. The highest BCUT2D eigenvalue weighted by Gasteiger charge is 2.46. The maximum absolute atomic E-state index is 13.9. The predicted octanol–water partition coefficient (Wildman–Crippen LogP) is 5.37. The van der Waals surface area contributed by atoms with Crippen molar-refractivity contribution in [3.05, 3.63) is 58.6 Å². The van der Waals surface area contributed by atoms with E-state index < -0.39 is 43.7 Å². The number of benzene rings is 2. The summed E-state index contributed by atoms with van der Waals surface area (Å²) in [5, 5.41) is 3.46. The van der Waals surface area contributed by atoms with Crippen LogP contribution in [-0.2, 0) is 19.9 Å². The second kappa shape index (κ2) is 9.23. The first-order valence-corrected chi connectivity index (χ1v) is 14.3. The van der Waals surface area contributed by atoms with Crippen LogP contribution in [0.5, 0.6) is 0 Å². The van der Waals surface area contributed by atoms with Gasteiger partial charge in [-0.05, 0) is 50.2 Å². The maximum atomic E-state index is 13.9. The molecule has 4 rings (SSSR count). The van der Waals surface area contributed by atoms with Crippen LogP contribution in [0, 0.1) is 0 Å². The van der Waals surface area contributed by atoms with Crippen LogP contribution in [0.2, 0.25) is 5.02 Å². The molecule has 0 spiro atoms. The van der Waals surface area contributed by atoms with Crippen molar-refractivity contribution >= 4 is 59.8 Å². The molecule has 0 saturated heterocycles. The number of hydrogen-bond acceptors (Lipinski definition) is 6. The van der Waals surface area contributed by atoms with Gasteiger partial charge in [0.05, 0.1) is 31.0 Å². The number of halogens is 5. The van der Waals surface area contributed by atoms with Crippen LogP contribution in [0.15, 0.2) is 63.4 Å². The molecule has 7 nitrogen and oxygen atoms in total. The number of hydrogen-bond donors (Lipinski definition) is 0. The monoisotopic (exact) mass is 581 g/mol. The minimum absolute atomic E-state index is 0.0175. The van der Waals surface area contributed by atoms with Crippen molar-refractivity contribution < 1.29 is 30.0 Å². The van der Waals surface area contributed by atoms with E-state index in [-0.39, 0.29) is 43.1 Å². The minimum atomic E-state index is -4.68. The van der Waals surface area contributed by atoms with Crippen LogP contribution < -0.4 is 4.90 Å². The third-order valence-electron chi connectivity index (χ3n) is 5.83. The van der Waals surface area contributed by atoms with Gasteiger partial charge in [0, 0.05) is 18.0 Å². The Bertz CT molecular complexity index is 1570. The first-order chi connectivity index (χ1) is 16.7. The fourth-order valence-corrected chi connectivity index (χ4v) is 6.68. The van der Waals surface area contributed by atoms with Gasteiger partial charge in [-0.2, -0.15) is 25.7 Å². The van der Waals surface area contributed by atoms with Gasteiger partial charge in [0.2, 0.25) is 0 Å². The summed E-state index contributed by atoms with van der Waals surface area (Å²) in [4.78, 5) is 0.565. The summed E-state index contributed by atoms with van der Waals surface area (Å²) in [5.41, 5.74) is -0.0297. The Morgan fingerprint density at radius 3 is 2.19 bits per heavy atom. The van der Waals surface area contributed by atoms with E-state index in [0.29, 0.717) is 4.09 Å². The van der Waals surface area contributed by atoms with Gasteiger partial charge in [0.25, 0.3) is 10.0 Å². The standard InChI is InChI=1S/C22H20Cl2F3N3O4S2/c1-13(2)35(31,32)15-6-8-16(9-7-15)36(33,34)30-18-5-3-4-17(24)20(18)21(28-30)29-11-10-14(23)12-19(29)22(25,26)27/h3-10,13,19H,11-12H2,1-2H3/t19-/m1/s1. The lowest BCUT2D eigenvalue weighted by Gasteiger charge is -2.35. The highest BCUT2D eigenvalue weighted by atomic mass is 35.5. The van der Waals surface area contributed by atoms with E-state index in [0.717, 1.165) is 17.0 Å². The fourth-order valence-electron chi connectivity index (χ4n) is 3.87. The smallest absolute Gasteiger partial charge is 0.338 e. The number of aromatic nitrogens is 2. The summed E-state index contributed by atoms with van der Waals surface area (Å²) >= 11 is 12.2. The zero-order valence-corrected chi connectivity index (χ0v) is 22.0. The van der Waals surface area contributed by atoms with E-state index in [2.05, 4.69) is 5.10 Å². The second-order valence-electron chi connectivity index (χ2n) is 8.44. The molecule has 3 aromatic rings. The van der Waals surface area contributed by atoms with Crippen molar-refractivity contribution in [2.24, 2.45) is 0 Å². The number of alkyl halides is 3. The third-order valence-corrected chi connectivity index (χ3v) is 10.2. The molecule has 1 aliphatic heterocycles. The van der Waals surface area contributed by atoms with Crippen molar-refractivity contribution in [2.75, 3.05) is 11.4 Å². The molecule has 0 amide bonds. The van der Waals surface area contributed by atoms with Crippen LogP contribution in [0.25, 0.3) is 10.9 Å². The minimum Gasteiger partial charge on any atom is -0.338 e. The molecule has 194 valence electrons. The Balaban J connectivity index is 1.89. The first kappa shape index (κ1) is 26.8. The van der Waals surface area contributed by atoms with Crippen LogP contribution in [0.3, 0.4) is 0 Å². The molecule has 1 aromatic heterocycles. The number of nitrogens with zero attached hydrogens (tertiary/aromatic N) is 3. The van der Waals surface area contributed by atoms with Gasteiger partial charge in [0.1, 0.15) is 6.04 Å². The number of rotatable bonds is 5. The van der Waals surface area contributed by atoms with E-state index in [1.165, 1.54) is 50.3 Å². The van der Waals surface area contributed by atoms with E-state index in [1.807, 2.05) is 0 Å². The van der Waals surface area contributed by atoms with Gasteiger partial charge in [-0.3, -0.25) is 0 Å². The first-order valence-electron chi connectivity index (χ1n) is 10.6. The molecule has 36 heavy (non-hydrogen) atoms. The zero-order valence-electron chi connectivity index (χ0n) is 18.9. The normalized spacial score (nSPS) is 17.6. The van der Waals surface area contributed by atoms with Crippen LogP contribution >= 0.6 is 23.2 Å². The largest absolute Gasteiger partial charge is 0.409 e. The van der Waals surface area contributed by atoms with E-state index in [1.54, 1.807) is 0 Å². The van der Waals surface area contributed by atoms with Crippen molar-refractivity contribution in [1.29, 1.82) is 0 Å². The molecular formula is C22H20Cl2F3N3O4S2. The van der Waals surface area contributed by atoms with Crippen molar-refractivity contribution in [3.8, 4) is 0 Å². The Kier molecular flexibility index (Phi) is 6.87. The lowest BCUT2D eigenvalue weighted by Crippen LogP contribution is -2.48. The van der Waals surface area contributed by atoms with Gasteiger partial charge in [0.15, 0.2) is 15.7 Å². The second-order valence-corrected chi connectivity index (χ2v) is 13.6. The number of fused-ring (bicyclic) bond motifs is 1. The fraction of sp³-hybridized carbons (Fsp3) is 0.318. The Labute approximate surface area is 216 Å². The molecular weight excluding hydrogens is 562 g/mol. The lowest BCUT2D eigenvalue weighted by atomic mass is 10.1. The number of anilines is 1. The average Bonchev–Trinajstić information content (AvgIpc) is 3.20. The third kappa shape index (κ3) is 4.59. The summed E-state index contributed by atoms with van der Waals surface area (Å²) in [7, 11) is -8.09. The highest BCUT2D eigenvalue weighted by molar-refractivity contribution is 7.92. The van der Waals surface area contributed by atoms with Gasteiger partial charge in [-0.15, -0.1) is 5.10 Å². The summed E-state index contributed by atoms with van der Waals surface area (Å²) in [5.74, 6) is -0.263. The van der Waals surface area contributed by atoms with Gasteiger partial charge in [-0.25, -0.2) is 8.42 Å². The topological polar surface area (TPSA) is 89.3 Å².